The number of likely N-dealkylation sites (tertiary alicyclic amines) is 1. The average Bonchev–Trinajstić information content (AvgIpc) is 3.02. The molecule has 0 aromatic heterocycles. The van der Waals surface area contributed by atoms with Crippen LogP contribution < -0.4 is 0 Å². The van der Waals surface area contributed by atoms with Gasteiger partial charge in [-0.05, 0) is 50.4 Å². The summed E-state index contributed by atoms with van der Waals surface area (Å²) in [5.41, 5.74) is 0.664. The van der Waals surface area contributed by atoms with Crippen molar-refractivity contribution in [3.05, 3.63) is 34.6 Å². The van der Waals surface area contributed by atoms with E-state index in [2.05, 4.69) is 4.90 Å². The van der Waals surface area contributed by atoms with E-state index < -0.39 is 0 Å². The Labute approximate surface area is 124 Å². The molecule has 3 unspecified atom stereocenters. The number of benzene rings is 1. The lowest BCUT2D eigenvalue weighted by Gasteiger charge is -2.31. The normalized spacial score (nSPS) is 31.1. The zero-order valence-electron chi connectivity index (χ0n) is 11.6. The Hall–Kier alpha value is -0.640. The number of hydrogen-bond donors (Lipinski definition) is 1. The first-order valence-corrected chi connectivity index (χ1v) is 7.89. The van der Waals surface area contributed by atoms with Gasteiger partial charge in [0.15, 0.2) is 0 Å². The molecule has 3 rings (SSSR count). The van der Waals surface area contributed by atoms with Gasteiger partial charge in [0, 0.05) is 29.1 Å². The lowest BCUT2D eigenvalue weighted by atomic mass is 9.94. The molecule has 1 aromatic rings. The lowest BCUT2D eigenvalue weighted by molar-refractivity contribution is 0.0715. The molecule has 2 nitrogen and oxygen atoms in total. The highest BCUT2D eigenvalue weighted by Gasteiger charge is 2.38. The molecule has 110 valence electrons. The molecule has 1 aliphatic carbocycles. The fraction of sp³-hybridized carbons (Fsp3) is 0.625. The quantitative estimate of drug-likeness (QED) is 0.921. The molecule has 20 heavy (non-hydrogen) atoms. The van der Waals surface area contributed by atoms with Gasteiger partial charge < -0.3 is 5.11 Å². The minimum absolute atomic E-state index is 0.176. The summed E-state index contributed by atoms with van der Waals surface area (Å²) < 4.78 is 13.9. The molecule has 4 heteroatoms. The van der Waals surface area contributed by atoms with Crippen LogP contribution in [0.5, 0.6) is 0 Å². The summed E-state index contributed by atoms with van der Waals surface area (Å²) in [5.74, 6) is 0.173. The maximum Gasteiger partial charge on any atom is 0.127 e. The van der Waals surface area contributed by atoms with Crippen LogP contribution in [0.1, 0.15) is 37.7 Å². The van der Waals surface area contributed by atoms with Crippen LogP contribution >= 0.6 is 11.6 Å². The molecule has 1 aliphatic heterocycles. The van der Waals surface area contributed by atoms with Gasteiger partial charge in [-0.1, -0.05) is 18.0 Å². The minimum Gasteiger partial charge on any atom is -0.393 e. The predicted octanol–water partition coefficient (Wildman–Crippen LogP) is 3.60. The highest BCUT2D eigenvalue weighted by molar-refractivity contribution is 6.30. The Morgan fingerprint density at radius 1 is 1.25 bits per heavy atom. The van der Waals surface area contributed by atoms with Crippen molar-refractivity contribution in [1.29, 1.82) is 0 Å². The third-order valence-corrected chi connectivity index (χ3v) is 5.06. The second-order valence-electron chi connectivity index (χ2n) is 6.08. The molecule has 0 bridgehead atoms. The van der Waals surface area contributed by atoms with Crippen molar-refractivity contribution in [2.45, 2.75) is 50.8 Å². The van der Waals surface area contributed by atoms with E-state index >= 15 is 0 Å². The van der Waals surface area contributed by atoms with Crippen LogP contribution in [0.3, 0.4) is 0 Å². The van der Waals surface area contributed by atoms with Gasteiger partial charge >= 0.3 is 0 Å². The summed E-state index contributed by atoms with van der Waals surface area (Å²) in [5, 5.41) is 10.7. The molecule has 0 amide bonds. The number of halogens is 2. The monoisotopic (exact) mass is 297 g/mol. The standard InChI is InChI=1S/C16H21ClFNO/c17-12-6-7-14(18)11(9-12)10-19-8-2-4-15(19)13-3-1-5-16(13)20/h6-7,9,13,15-16,20H,1-5,8,10H2. The molecule has 1 aromatic carbocycles. The molecule has 0 spiro atoms. The van der Waals surface area contributed by atoms with Crippen LogP contribution in [-0.2, 0) is 6.54 Å². The largest absolute Gasteiger partial charge is 0.393 e. The van der Waals surface area contributed by atoms with E-state index in [1.807, 2.05) is 0 Å². The van der Waals surface area contributed by atoms with Gasteiger partial charge in [-0.25, -0.2) is 4.39 Å². The maximum absolute atomic E-state index is 13.9. The van der Waals surface area contributed by atoms with Gasteiger partial charge in [-0.3, -0.25) is 4.90 Å². The Kier molecular flexibility index (Phi) is 4.29. The minimum atomic E-state index is -0.188. The third-order valence-electron chi connectivity index (χ3n) is 4.82. The van der Waals surface area contributed by atoms with Crippen molar-refractivity contribution in [2.24, 2.45) is 5.92 Å². The second-order valence-corrected chi connectivity index (χ2v) is 6.51. The van der Waals surface area contributed by atoms with E-state index in [9.17, 15) is 9.50 Å². The van der Waals surface area contributed by atoms with Crippen LogP contribution in [0.15, 0.2) is 18.2 Å². The molecular formula is C16H21ClFNO. The molecule has 3 atom stereocenters. The van der Waals surface area contributed by atoms with E-state index in [1.165, 1.54) is 6.07 Å². The van der Waals surface area contributed by atoms with Crippen LogP contribution in [0.4, 0.5) is 4.39 Å². The van der Waals surface area contributed by atoms with Crippen LogP contribution in [0.2, 0.25) is 5.02 Å². The third kappa shape index (κ3) is 2.85. The van der Waals surface area contributed by atoms with Crippen molar-refractivity contribution < 1.29 is 9.50 Å². The molecule has 2 fully saturated rings. The number of aliphatic hydroxyl groups excluding tert-OH is 1. The number of rotatable bonds is 3. The van der Waals surface area contributed by atoms with Gasteiger partial charge in [0.25, 0.3) is 0 Å². The van der Waals surface area contributed by atoms with Gasteiger partial charge in [0.2, 0.25) is 0 Å². The fourth-order valence-electron chi connectivity index (χ4n) is 3.83. The molecule has 0 radical (unpaired) electrons. The summed E-state index contributed by atoms with van der Waals surface area (Å²) in [6.45, 7) is 1.58. The summed E-state index contributed by atoms with van der Waals surface area (Å²) >= 11 is 5.96. The van der Waals surface area contributed by atoms with Gasteiger partial charge in [-0.2, -0.15) is 0 Å². The summed E-state index contributed by atoms with van der Waals surface area (Å²) in [7, 11) is 0. The SMILES string of the molecule is OC1CCCC1C1CCCN1Cc1cc(Cl)ccc1F. The van der Waals surface area contributed by atoms with E-state index in [0.29, 0.717) is 29.1 Å². The number of nitrogens with zero attached hydrogens (tertiary/aromatic N) is 1. The van der Waals surface area contributed by atoms with Crippen molar-refractivity contribution in [3.63, 3.8) is 0 Å². The molecule has 2 aliphatic rings. The highest BCUT2D eigenvalue weighted by atomic mass is 35.5. The van der Waals surface area contributed by atoms with E-state index in [4.69, 9.17) is 11.6 Å². The van der Waals surface area contributed by atoms with Crippen molar-refractivity contribution in [1.82, 2.24) is 4.90 Å². The first-order valence-electron chi connectivity index (χ1n) is 7.51. The van der Waals surface area contributed by atoms with Crippen molar-refractivity contribution in [2.75, 3.05) is 6.54 Å². The second kappa shape index (κ2) is 6.00. The first kappa shape index (κ1) is 14.3. The molecule has 1 saturated carbocycles. The first-order chi connectivity index (χ1) is 9.65. The van der Waals surface area contributed by atoms with Gasteiger partial charge in [0.05, 0.1) is 6.10 Å². The van der Waals surface area contributed by atoms with E-state index in [0.717, 1.165) is 38.6 Å². The Balaban J connectivity index is 1.74. The average molecular weight is 298 g/mol. The maximum atomic E-state index is 13.9. The number of aliphatic hydroxyl groups is 1. The summed E-state index contributed by atoms with van der Waals surface area (Å²) in [6.07, 6.45) is 5.20. The molecule has 1 saturated heterocycles. The summed E-state index contributed by atoms with van der Waals surface area (Å²) in [4.78, 5) is 2.33. The van der Waals surface area contributed by atoms with Crippen LogP contribution in [0.25, 0.3) is 0 Å². The van der Waals surface area contributed by atoms with Gasteiger partial charge in [0.1, 0.15) is 5.82 Å². The summed E-state index contributed by atoms with van der Waals surface area (Å²) in [6, 6.07) is 5.14. The fourth-order valence-corrected chi connectivity index (χ4v) is 4.03. The Bertz CT molecular complexity index is 482. The van der Waals surface area contributed by atoms with Crippen LogP contribution in [-0.4, -0.2) is 28.7 Å². The van der Waals surface area contributed by atoms with Crippen molar-refractivity contribution >= 4 is 11.6 Å². The predicted molar refractivity (Wildman–Crippen MR) is 78.2 cm³/mol. The van der Waals surface area contributed by atoms with Gasteiger partial charge in [-0.15, -0.1) is 0 Å². The number of hydrogen-bond acceptors (Lipinski definition) is 2. The van der Waals surface area contributed by atoms with E-state index in [1.54, 1.807) is 12.1 Å². The lowest BCUT2D eigenvalue weighted by Crippen LogP contribution is -2.38. The molecule has 1 N–H and O–H groups in total. The van der Waals surface area contributed by atoms with Crippen molar-refractivity contribution in [3.8, 4) is 0 Å². The Morgan fingerprint density at radius 3 is 2.85 bits per heavy atom. The van der Waals surface area contributed by atoms with Crippen LogP contribution in [0, 0.1) is 11.7 Å². The Morgan fingerprint density at radius 2 is 2.10 bits per heavy atom. The molecular weight excluding hydrogens is 277 g/mol. The van der Waals surface area contributed by atoms with E-state index in [-0.39, 0.29) is 11.9 Å². The smallest absolute Gasteiger partial charge is 0.127 e. The zero-order valence-corrected chi connectivity index (χ0v) is 12.3. The zero-order chi connectivity index (χ0) is 14.1. The highest BCUT2D eigenvalue weighted by Crippen LogP contribution is 2.36. The molecule has 1 heterocycles. The topological polar surface area (TPSA) is 23.5 Å².